The van der Waals surface area contributed by atoms with Crippen molar-refractivity contribution in [2.45, 2.75) is 6.42 Å². The highest BCUT2D eigenvalue weighted by molar-refractivity contribution is 5.87. The van der Waals surface area contributed by atoms with Crippen LogP contribution in [0.3, 0.4) is 0 Å². The molecule has 0 aliphatic rings. The standard InChI is InChI=1S/C14H14N2O2/c17-14(18)12-3-1-11(2-4-12)5-10-16-13-6-8-15-9-7-13/h1-4,6-9H,5,10H2,(H,15,16)(H,17,18). The highest BCUT2D eigenvalue weighted by atomic mass is 16.4. The second kappa shape index (κ2) is 5.82. The minimum absolute atomic E-state index is 0.320. The van der Waals surface area contributed by atoms with E-state index in [0.29, 0.717) is 5.56 Å². The number of carboxylic acids is 1. The van der Waals surface area contributed by atoms with Crippen molar-refractivity contribution in [2.24, 2.45) is 0 Å². The number of nitrogens with zero attached hydrogens (tertiary/aromatic N) is 1. The van der Waals surface area contributed by atoms with Crippen LogP contribution in [0.4, 0.5) is 5.69 Å². The Labute approximate surface area is 105 Å². The third kappa shape index (κ3) is 3.31. The van der Waals surface area contributed by atoms with E-state index in [2.05, 4.69) is 10.3 Å². The SMILES string of the molecule is O=C(O)c1ccc(CCNc2ccncc2)cc1. The minimum Gasteiger partial charge on any atom is -0.478 e. The molecule has 0 radical (unpaired) electrons. The summed E-state index contributed by atoms with van der Waals surface area (Å²) in [5, 5.41) is 12.1. The zero-order valence-electron chi connectivity index (χ0n) is 9.84. The van der Waals surface area contributed by atoms with E-state index in [1.165, 1.54) is 0 Å². The number of benzene rings is 1. The maximum atomic E-state index is 10.7. The molecule has 92 valence electrons. The number of nitrogens with one attached hydrogen (secondary N) is 1. The number of pyridine rings is 1. The molecule has 0 aliphatic carbocycles. The molecule has 2 aromatic rings. The van der Waals surface area contributed by atoms with Gasteiger partial charge in [-0.2, -0.15) is 0 Å². The smallest absolute Gasteiger partial charge is 0.335 e. The summed E-state index contributed by atoms with van der Waals surface area (Å²) in [6, 6.07) is 10.8. The maximum Gasteiger partial charge on any atom is 0.335 e. The lowest BCUT2D eigenvalue weighted by Gasteiger charge is -2.06. The summed E-state index contributed by atoms with van der Waals surface area (Å²) in [4.78, 5) is 14.6. The molecule has 4 nitrogen and oxygen atoms in total. The number of carboxylic acid groups (broad SMARTS) is 1. The average molecular weight is 242 g/mol. The van der Waals surface area contributed by atoms with E-state index >= 15 is 0 Å². The van der Waals surface area contributed by atoms with Crippen molar-refractivity contribution in [3.05, 3.63) is 59.9 Å². The fourth-order valence-electron chi connectivity index (χ4n) is 1.63. The van der Waals surface area contributed by atoms with E-state index in [9.17, 15) is 4.79 Å². The number of hydrogen-bond donors (Lipinski definition) is 2. The Morgan fingerprint density at radius 1 is 1.11 bits per heavy atom. The molecule has 0 fully saturated rings. The third-order valence-corrected chi connectivity index (χ3v) is 2.62. The molecule has 0 aliphatic heterocycles. The fourth-order valence-corrected chi connectivity index (χ4v) is 1.63. The normalized spacial score (nSPS) is 10.0. The van der Waals surface area contributed by atoms with Gasteiger partial charge in [-0.1, -0.05) is 12.1 Å². The number of carbonyl (C=O) groups is 1. The van der Waals surface area contributed by atoms with Crippen LogP contribution in [-0.2, 0) is 6.42 Å². The Balaban J connectivity index is 1.85. The Morgan fingerprint density at radius 3 is 2.39 bits per heavy atom. The molecular weight excluding hydrogens is 228 g/mol. The molecule has 1 heterocycles. The van der Waals surface area contributed by atoms with Gasteiger partial charge >= 0.3 is 5.97 Å². The summed E-state index contributed by atoms with van der Waals surface area (Å²) in [5.74, 6) is -0.892. The summed E-state index contributed by atoms with van der Waals surface area (Å²) >= 11 is 0. The molecule has 1 aromatic carbocycles. The van der Waals surface area contributed by atoms with Crippen LogP contribution in [0, 0.1) is 0 Å². The van der Waals surface area contributed by atoms with E-state index < -0.39 is 5.97 Å². The van der Waals surface area contributed by atoms with Crippen molar-refractivity contribution in [3.8, 4) is 0 Å². The molecule has 2 N–H and O–H groups in total. The first kappa shape index (κ1) is 12.1. The Bertz CT molecular complexity index is 509. The molecule has 0 saturated heterocycles. The van der Waals surface area contributed by atoms with E-state index in [1.54, 1.807) is 24.5 Å². The van der Waals surface area contributed by atoms with Crippen LogP contribution in [0.15, 0.2) is 48.8 Å². The predicted molar refractivity (Wildman–Crippen MR) is 69.8 cm³/mol. The quantitative estimate of drug-likeness (QED) is 0.845. The molecule has 0 unspecified atom stereocenters. The van der Waals surface area contributed by atoms with Crippen molar-refractivity contribution in [1.82, 2.24) is 4.98 Å². The zero-order valence-corrected chi connectivity index (χ0v) is 9.84. The van der Waals surface area contributed by atoms with Gasteiger partial charge in [0.05, 0.1) is 5.56 Å². The van der Waals surface area contributed by atoms with Crippen LogP contribution in [0.5, 0.6) is 0 Å². The molecule has 18 heavy (non-hydrogen) atoms. The molecule has 0 spiro atoms. The lowest BCUT2D eigenvalue weighted by atomic mass is 10.1. The first-order valence-corrected chi connectivity index (χ1v) is 5.72. The molecule has 0 bridgehead atoms. The largest absolute Gasteiger partial charge is 0.478 e. The van der Waals surface area contributed by atoms with Gasteiger partial charge in [0.2, 0.25) is 0 Å². The topological polar surface area (TPSA) is 62.2 Å². The van der Waals surface area contributed by atoms with Crippen molar-refractivity contribution >= 4 is 11.7 Å². The van der Waals surface area contributed by atoms with E-state index in [4.69, 9.17) is 5.11 Å². The van der Waals surface area contributed by atoms with Gasteiger partial charge < -0.3 is 10.4 Å². The Kier molecular flexibility index (Phi) is 3.91. The molecule has 0 saturated carbocycles. The van der Waals surface area contributed by atoms with Gasteiger partial charge in [-0.15, -0.1) is 0 Å². The predicted octanol–water partition coefficient (Wildman–Crippen LogP) is 2.43. The summed E-state index contributed by atoms with van der Waals surface area (Å²) in [7, 11) is 0. The summed E-state index contributed by atoms with van der Waals surface area (Å²) in [6.07, 6.45) is 4.33. The molecular formula is C14H14N2O2. The van der Waals surface area contributed by atoms with Gasteiger partial charge in [-0.05, 0) is 36.2 Å². The van der Waals surface area contributed by atoms with Crippen molar-refractivity contribution < 1.29 is 9.90 Å². The highest BCUT2D eigenvalue weighted by Crippen LogP contribution is 2.07. The monoisotopic (exact) mass is 242 g/mol. The maximum absolute atomic E-state index is 10.7. The average Bonchev–Trinajstić information content (AvgIpc) is 2.40. The first-order valence-electron chi connectivity index (χ1n) is 5.72. The summed E-state index contributed by atoms with van der Waals surface area (Å²) < 4.78 is 0. The number of rotatable bonds is 5. The van der Waals surface area contributed by atoms with E-state index in [1.807, 2.05) is 24.3 Å². The number of anilines is 1. The van der Waals surface area contributed by atoms with E-state index in [0.717, 1.165) is 24.2 Å². The summed E-state index contributed by atoms with van der Waals surface area (Å²) in [6.45, 7) is 0.802. The van der Waals surface area contributed by atoms with Crippen LogP contribution in [-0.4, -0.2) is 22.6 Å². The molecule has 4 heteroatoms. The van der Waals surface area contributed by atoms with Crippen LogP contribution in [0.25, 0.3) is 0 Å². The van der Waals surface area contributed by atoms with E-state index in [-0.39, 0.29) is 0 Å². The fraction of sp³-hybridized carbons (Fsp3) is 0.143. The Morgan fingerprint density at radius 2 is 1.78 bits per heavy atom. The number of hydrogen-bond acceptors (Lipinski definition) is 3. The van der Waals surface area contributed by atoms with Gasteiger partial charge in [0.1, 0.15) is 0 Å². The van der Waals surface area contributed by atoms with Gasteiger partial charge in [-0.3, -0.25) is 4.98 Å². The lowest BCUT2D eigenvalue weighted by molar-refractivity contribution is 0.0697. The van der Waals surface area contributed by atoms with Gasteiger partial charge in [-0.25, -0.2) is 4.79 Å². The van der Waals surface area contributed by atoms with Gasteiger partial charge in [0.25, 0.3) is 0 Å². The first-order chi connectivity index (χ1) is 8.75. The van der Waals surface area contributed by atoms with Gasteiger partial charge in [0.15, 0.2) is 0 Å². The van der Waals surface area contributed by atoms with Crippen LogP contribution in [0.2, 0.25) is 0 Å². The second-order valence-corrected chi connectivity index (χ2v) is 3.91. The van der Waals surface area contributed by atoms with Crippen molar-refractivity contribution in [2.75, 3.05) is 11.9 Å². The molecule has 2 rings (SSSR count). The number of aromatic nitrogens is 1. The van der Waals surface area contributed by atoms with Crippen LogP contribution in [0.1, 0.15) is 15.9 Å². The van der Waals surface area contributed by atoms with Crippen LogP contribution < -0.4 is 5.32 Å². The molecule has 0 amide bonds. The van der Waals surface area contributed by atoms with Crippen molar-refractivity contribution in [3.63, 3.8) is 0 Å². The second-order valence-electron chi connectivity index (χ2n) is 3.91. The summed E-state index contributed by atoms with van der Waals surface area (Å²) in [5.41, 5.74) is 2.47. The zero-order chi connectivity index (χ0) is 12.8. The van der Waals surface area contributed by atoms with Crippen molar-refractivity contribution in [1.29, 1.82) is 0 Å². The molecule has 0 atom stereocenters. The number of aromatic carboxylic acids is 1. The third-order valence-electron chi connectivity index (χ3n) is 2.62. The lowest BCUT2D eigenvalue weighted by Crippen LogP contribution is -2.05. The highest BCUT2D eigenvalue weighted by Gasteiger charge is 2.01. The van der Waals surface area contributed by atoms with Crippen LogP contribution >= 0.6 is 0 Å². The minimum atomic E-state index is -0.892. The van der Waals surface area contributed by atoms with Gasteiger partial charge in [0, 0.05) is 24.6 Å². The molecule has 1 aromatic heterocycles. The Hall–Kier alpha value is -2.36.